The molecule has 2 saturated heterocycles. The number of hydrogen-bond acceptors (Lipinski definition) is 5. The van der Waals surface area contributed by atoms with E-state index in [1.165, 1.54) is 4.90 Å². The zero-order chi connectivity index (χ0) is 17.1. The number of amides is 4. The smallest absolute Gasteiger partial charge is 0.335 e. The van der Waals surface area contributed by atoms with Gasteiger partial charge in [0.2, 0.25) is 0 Å². The molecule has 2 aliphatic heterocycles. The first-order chi connectivity index (χ1) is 11.6. The number of hydrogen-bond donors (Lipinski definition) is 0. The molecule has 2 aliphatic rings. The molecule has 2 heterocycles. The maximum Gasteiger partial charge on any atom is 0.434 e. The molecule has 0 N–H and O–H groups in total. The van der Waals surface area contributed by atoms with Crippen LogP contribution in [-0.2, 0) is 14.4 Å². The number of carbonyl (C=O) groups is 4. The lowest BCUT2D eigenvalue weighted by Crippen LogP contribution is -2.52. The van der Waals surface area contributed by atoms with Crippen molar-refractivity contribution >= 4 is 23.8 Å². The summed E-state index contributed by atoms with van der Waals surface area (Å²) in [6.07, 6.45) is -0.623. The molecule has 4 amide bonds. The molecular weight excluding hydrogens is 314 g/mol. The lowest BCUT2D eigenvalue weighted by Gasteiger charge is -2.34. The summed E-state index contributed by atoms with van der Waals surface area (Å²) in [7, 11) is 0. The summed E-state index contributed by atoms with van der Waals surface area (Å²) in [5.41, 5.74) is 0.599. The third-order valence-electron chi connectivity index (χ3n) is 4.02. The molecule has 0 unspecified atom stereocenters. The first-order valence-electron chi connectivity index (χ1n) is 7.73. The SMILES string of the molecule is O=C(ON1C(=O)CCC1=O)N1CCN(C(=O)c2ccccc2)CC1. The van der Waals surface area contributed by atoms with Crippen molar-refractivity contribution in [2.24, 2.45) is 0 Å². The second kappa shape index (κ2) is 6.69. The van der Waals surface area contributed by atoms with Crippen LogP contribution in [0, 0.1) is 0 Å². The van der Waals surface area contributed by atoms with Crippen LogP contribution >= 0.6 is 0 Å². The second-order valence-corrected chi connectivity index (χ2v) is 5.58. The molecule has 0 bridgehead atoms. The minimum absolute atomic E-state index is 0.0610. The van der Waals surface area contributed by atoms with E-state index in [-0.39, 0.29) is 31.8 Å². The average Bonchev–Trinajstić information content (AvgIpc) is 2.94. The molecule has 0 spiro atoms. The highest BCUT2D eigenvalue weighted by Gasteiger charge is 2.35. The van der Waals surface area contributed by atoms with Crippen molar-refractivity contribution in [1.29, 1.82) is 0 Å². The van der Waals surface area contributed by atoms with Gasteiger partial charge in [0, 0.05) is 44.6 Å². The van der Waals surface area contributed by atoms with Crippen LogP contribution in [0.1, 0.15) is 23.2 Å². The number of imide groups is 1. The van der Waals surface area contributed by atoms with E-state index in [1.807, 2.05) is 6.07 Å². The summed E-state index contributed by atoms with van der Waals surface area (Å²) >= 11 is 0. The molecule has 3 rings (SSSR count). The van der Waals surface area contributed by atoms with Gasteiger partial charge in [0.15, 0.2) is 0 Å². The second-order valence-electron chi connectivity index (χ2n) is 5.58. The number of rotatable bonds is 2. The molecule has 8 nitrogen and oxygen atoms in total. The van der Waals surface area contributed by atoms with Gasteiger partial charge in [-0.3, -0.25) is 14.4 Å². The van der Waals surface area contributed by atoms with Gasteiger partial charge in [-0.05, 0) is 12.1 Å². The fraction of sp³-hybridized carbons (Fsp3) is 0.375. The topological polar surface area (TPSA) is 87.2 Å². The van der Waals surface area contributed by atoms with Gasteiger partial charge >= 0.3 is 6.09 Å². The lowest BCUT2D eigenvalue weighted by atomic mass is 10.2. The summed E-state index contributed by atoms with van der Waals surface area (Å²) in [4.78, 5) is 55.2. The Kier molecular flexibility index (Phi) is 4.45. The minimum atomic E-state index is -0.745. The average molecular weight is 331 g/mol. The summed E-state index contributed by atoms with van der Waals surface area (Å²) in [5, 5.41) is 0.532. The van der Waals surface area contributed by atoms with Crippen LogP contribution in [-0.4, -0.2) is 64.9 Å². The molecular formula is C16H17N3O5. The van der Waals surface area contributed by atoms with Crippen molar-refractivity contribution in [3.63, 3.8) is 0 Å². The fourth-order valence-corrected chi connectivity index (χ4v) is 2.65. The number of hydroxylamine groups is 2. The van der Waals surface area contributed by atoms with E-state index in [1.54, 1.807) is 29.2 Å². The normalized spacial score (nSPS) is 18.1. The molecule has 2 fully saturated rings. The molecule has 0 aliphatic carbocycles. The molecule has 1 aromatic carbocycles. The number of nitrogens with zero attached hydrogens (tertiary/aromatic N) is 3. The van der Waals surface area contributed by atoms with Crippen molar-refractivity contribution < 1.29 is 24.0 Å². The fourth-order valence-electron chi connectivity index (χ4n) is 2.65. The number of piperazine rings is 1. The summed E-state index contributed by atoms with van der Waals surface area (Å²) in [6, 6.07) is 8.92. The Balaban J connectivity index is 1.53. The summed E-state index contributed by atoms with van der Waals surface area (Å²) in [5.74, 6) is -1.11. The van der Waals surface area contributed by atoms with Gasteiger partial charge in [0.1, 0.15) is 0 Å². The monoisotopic (exact) mass is 331 g/mol. The van der Waals surface area contributed by atoms with Crippen LogP contribution in [0.25, 0.3) is 0 Å². The molecule has 0 radical (unpaired) electrons. The van der Waals surface area contributed by atoms with Gasteiger partial charge in [0.05, 0.1) is 0 Å². The highest BCUT2D eigenvalue weighted by molar-refractivity contribution is 6.01. The Bertz CT molecular complexity index is 652. The Morgan fingerprint density at radius 3 is 1.96 bits per heavy atom. The third kappa shape index (κ3) is 3.22. The van der Waals surface area contributed by atoms with Crippen molar-refractivity contribution in [1.82, 2.24) is 14.9 Å². The quantitative estimate of drug-likeness (QED) is 0.743. The predicted molar refractivity (Wildman–Crippen MR) is 81.5 cm³/mol. The molecule has 8 heteroatoms. The van der Waals surface area contributed by atoms with Gasteiger partial charge < -0.3 is 14.6 Å². The van der Waals surface area contributed by atoms with Crippen LogP contribution in [0.4, 0.5) is 4.79 Å². The Labute approximate surface area is 138 Å². The highest BCUT2D eigenvalue weighted by atomic mass is 16.7. The maximum absolute atomic E-state index is 12.3. The minimum Gasteiger partial charge on any atom is -0.335 e. The Hall–Kier alpha value is -2.90. The van der Waals surface area contributed by atoms with Crippen LogP contribution in [0.3, 0.4) is 0 Å². The van der Waals surface area contributed by atoms with Crippen LogP contribution in [0.2, 0.25) is 0 Å². The summed E-state index contributed by atoms with van der Waals surface area (Å²) in [6.45, 7) is 1.30. The van der Waals surface area contributed by atoms with E-state index < -0.39 is 17.9 Å². The van der Waals surface area contributed by atoms with Crippen molar-refractivity contribution in [3.05, 3.63) is 35.9 Å². The summed E-state index contributed by atoms with van der Waals surface area (Å²) < 4.78 is 0. The van der Waals surface area contributed by atoms with E-state index in [0.29, 0.717) is 23.7 Å². The maximum atomic E-state index is 12.3. The first-order valence-corrected chi connectivity index (χ1v) is 7.73. The van der Waals surface area contributed by atoms with Crippen LogP contribution in [0.5, 0.6) is 0 Å². The van der Waals surface area contributed by atoms with Crippen molar-refractivity contribution in [3.8, 4) is 0 Å². The van der Waals surface area contributed by atoms with Gasteiger partial charge in [-0.15, -0.1) is 5.06 Å². The molecule has 24 heavy (non-hydrogen) atoms. The van der Waals surface area contributed by atoms with E-state index in [2.05, 4.69) is 0 Å². The van der Waals surface area contributed by atoms with E-state index in [4.69, 9.17) is 4.84 Å². The van der Waals surface area contributed by atoms with Crippen LogP contribution < -0.4 is 0 Å². The van der Waals surface area contributed by atoms with Crippen molar-refractivity contribution in [2.75, 3.05) is 26.2 Å². The molecule has 0 atom stereocenters. The lowest BCUT2D eigenvalue weighted by molar-refractivity contribution is -0.174. The van der Waals surface area contributed by atoms with Gasteiger partial charge in [-0.25, -0.2) is 4.79 Å². The highest BCUT2D eigenvalue weighted by Crippen LogP contribution is 2.15. The molecule has 0 saturated carbocycles. The number of carbonyl (C=O) groups excluding carboxylic acids is 4. The van der Waals surface area contributed by atoms with Gasteiger partial charge in [0.25, 0.3) is 17.7 Å². The Morgan fingerprint density at radius 2 is 1.38 bits per heavy atom. The van der Waals surface area contributed by atoms with E-state index >= 15 is 0 Å². The number of benzene rings is 1. The van der Waals surface area contributed by atoms with E-state index in [9.17, 15) is 19.2 Å². The Morgan fingerprint density at radius 1 is 0.833 bits per heavy atom. The van der Waals surface area contributed by atoms with Gasteiger partial charge in [-0.1, -0.05) is 18.2 Å². The molecule has 1 aromatic rings. The van der Waals surface area contributed by atoms with E-state index in [0.717, 1.165) is 0 Å². The first kappa shape index (κ1) is 16.0. The molecule has 0 aromatic heterocycles. The predicted octanol–water partition coefficient (Wildman–Crippen LogP) is 0.645. The van der Waals surface area contributed by atoms with Crippen molar-refractivity contribution in [2.45, 2.75) is 12.8 Å². The zero-order valence-corrected chi connectivity index (χ0v) is 13.0. The molecule has 126 valence electrons. The van der Waals surface area contributed by atoms with Crippen LogP contribution in [0.15, 0.2) is 30.3 Å². The largest absolute Gasteiger partial charge is 0.434 e. The standard InChI is InChI=1S/C16H17N3O5/c20-13-6-7-14(21)19(13)24-16(23)18-10-8-17(9-11-18)15(22)12-4-2-1-3-5-12/h1-5H,6-11H2. The van der Waals surface area contributed by atoms with Gasteiger partial charge in [-0.2, -0.15) is 0 Å². The third-order valence-corrected chi connectivity index (χ3v) is 4.02. The zero-order valence-electron chi connectivity index (χ0n) is 13.0.